The second kappa shape index (κ2) is 6.37. The number of pyridine rings is 1. The zero-order valence-electron chi connectivity index (χ0n) is 12.9. The van der Waals surface area contributed by atoms with Crippen molar-refractivity contribution in [3.05, 3.63) is 53.9 Å². The highest BCUT2D eigenvalue weighted by atomic mass is 15.2. The molecule has 3 rings (SSSR count). The Morgan fingerprint density at radius 1 is 1.00 bits per heavy atom. The van der Waals surface area contributed by atoms with E-state index in [0.29, 0.717) is 0 Å². The van der Waals surface area contributed by atoms with Gasteiger partial charge in [-0.15, -0.1) is 0 Å². The highest BCUT2D eigenvalue weighted by Crippen LogP contribution is 2.21. The molecule has 2 heterocycles. The highest BCUT2D eigenvalue weighted by Gasteiger charge is 2.13. The van der Waals surface area contributed by atoms with Gasteiger partial charge in [0.2, 0.25) is 0 Å². The smallest absolute Gasteiger partial charge is 0.0346 e. The molecule has 110 valence electrons. The van der Waals surface area contributed by atoms with Crippen LogP contribution in [0.25, 0.3) is 11.1 Å². The van der Waals surface area contributed by atoms with E-state index in [1.165, 1.54) is 35.3 Å². The predicted molar refractivity (Wildman–Crippen MR) is 87.2 cm³/mol. The van der Waals surface area contributed by atoms with Crippen LogP contribution in [0.3, 0.4) is 0 Å². The maximum atomic E-state index is 4.30. The quantitative estimate of drug-likeness (QED) is 0.862. The third kappa shape index (κ3) is 3.69. The fourth-order valence-corrected chi connectivity index (χ4v) is 2.83. The Morgan fingerprint density at radius 3 is 2.57 bits per heavy atom. The van der Waals surface area contributed by atoms with Gasteiger partial charge in [-0.2, -0.15) is 0 Å². The molecule has 1 fully saturated rings. The van der Waals surface area contributed by atoms with Gasteiger partial charge in [-0.3, -0.25) is 9.88 Å². The van der Waals surface area contributed by atoms with Gasteiger partial charge in [0.05, 0.1) is 0 Å². The first-order valence-electron chi connectivity index (χ1n) is 7.62. The molecule has 1 aromatic heterocycles. The van der Waals surface area contributed by atoms with Gasteiger partial charge in [0.25, 0.3) is 0 Å². The van der Waals surface area contributed by atoms with Crippen molar-refractivity contribution in [3.63, 3.8) is 0 Å². The Balaban J connectivity index is 1.74. The lowest BCUT2D eigenvalue weighted by Gasteiger charge is -2.32. The molecule has 21 heavy (non-hydrogen) atoms. The molecule has 3 heteroatoms. The van der Waals surface area contributed by atoms with Gasteiger partial charge in [0.15, 0.2) is 0 Å². The number of hydrogen-bond donors (Lipinski definition) is 0. The molecular weight excluding hydrogens is 258 g/mol. The van der Waals surface area contributed by atoms with Gasteiger partial charge in [0.1, 0.15) is 0 Å². The van der Waals surface area contributed by atoms with Crippen LogP contribution in [0.1, 0.15) is 11.1 Å². The zero-order chi connectivity index (χ0) is 14.7. The van der Waals surface area contributed by atoms with E-state index in [1.807, 2.05) is 12.4 Å². The third-order valence-corrected chi connectivity index (χ3v) is 4.14. The highest BCUT2D eigenvalue weighted by molar-refractivity contribution is 5.63. The average Bonchev–Trinajstić information content (AvgIpc) is 2.50. The van der Waals surface area contributed by atoms with Crippen LogP contribution in [0.4, 0.5) is 0 Å². The van der Waals surface area contributed by atoms with Crippen LogP contribution in [0.15, 0.2) is 42.7 Å². The summed E-state index contributed by atoms with van der Waals surface area (Å²) in [4.78, 5) is 9.23. The summed E-state index contributed by atoms with van der Waals surface area (Å²) in [5.41, 5.74) is 5.06. The van der Waals surface area contributed by atoms with Crippen LogP contribution in [0, 0.1) is 6.92 Å². The Kier molecular flexibility index (Phi) is 4.32. The monoisotopic (exact) mass is 281 g/mol. The summed E-state index contributed by atoms with van der Waals surface area (Å²) in [6.45, 7) is 7.79. The van der Waals surface area contributed by atoms with Crippen LogP contribution in [-0.2, 0) is 6.54 Å². The van der Waals surface area contributed by atoms with Gasteiger partial charge < -0.3 is 4.90 Å². The summed E-state index contributed by atoms with van der Waals surface area (Å²) < 4.78 is 0. The Hall–Kier alpha value is -1.71. The number of benzene rings is 1. The first kappa shape index (κ1) is 14.2. The van der Waals surface area contributed by atoms with Crippen molar-refractivity contribution in [2.24, 2.45) is 0 Å². The molecule has 2 aromatic rings. The van der Waals surface area contributed by atoms with Crippen molar-refractivity contribution in [1.29, 1.82) is 0 Å². The predicted octanol–water partition coefficient (Wildman–Crippen LogP) is 2.80. The van der Waals surface area contributed by atoms with E-state index < -0.39 is 0 Å². The molecule has 0 unspecified atom stereocenters. The standard InChI is InChI=1S/C18H23N3/c1-15-10-18(13-19-12-15)17-5-3-4-16(11-17)14-21-8-6-20(2)7-9-21/h3-5,10-13H,6-9,14H2,1-2H3. The van der Waals surface area contributed by atoms with E-state index in [0.717, 1.165) is 19.6 Å². The number of hydrogen-bond acceptors (Lipinski definition) is 3. The van der Waals surface area contributed by atoms with Gasteiger partial charge in [0, 0.05) is 50.7 Å². The number of piperazine rings is 1. The van der Waals surface area contributed by atoms with E-state index in [9.17, 15) is 0 Å². The maximum Gasteiger partial charge on any atom is 0.0346 e. The molecule has 3 nitrogen and oxygen atoms in total. The molecule has 1 saturated heterocycles. The van der Waals surface area contributed by atoms with Gasteiger partial charge in [-0.05, 0) is 42.8 Å². The van der Waals surface area contributed by atoms with Gasteiger partial charge >= 0.3 is 0 Å². The van der Waals surface area contributed by atoms with Crippen LogP contribution in [-0.4, -0.2) is 48.0 Å². The Labute approximate surface area is 127 Å². The lowest BCUT2D eigenvalue weighted by Crippen LogP contribution is -2.43. The van der Waals surface area contributed by atoms with Crippen molar-refractivity contribution in [1.82, 2.24) is 14.8 Å². The molecule has 1 aliphatic heterocycles. The third-order valence-electron chi connectivity index (χ3n) is 4.14. The van der Waals surface area contributed by atoms with Gasteiger partial charge in [-0.1, -0.05) is 18.2 Å². The number of aryl methyl sites for hydroxylation is 1. The Morgan fingerprint density at radius 2 is 1.81 bits per heavy atom. The summed E-state index contributed by atoms with van der Waals surface area (Å²) in [7, 11) is 2.20. The molecule has 0 amide bonds. The molecule has 0 radical (unpaired) electrons. The molecule has 0 N–H and O–H groups in total. The van der Waals surface area contributed by atoms with E-state index in [-0.39, 0.29) is 0 Å². The van der Waals surface area contributed by atoms with Crippen LogP contribution >= 0.6 is 0 Å². The van der Waals surface area contributed by atoms with E-state index in [4.69, 9.17) is 0 Å². The number of nitrogens with zero attached hydrogens (tertiary/aromatic N) is 3. The summed E-state index contributed by atoms with van der Waals surface area (Å²) in [6.07, 6.45) is 3.85. The molecule has 0 spiro atoms. The second-order valence-electron chi connectivity index (χ2n) is 6.03. The van der Waals surface area contributed by atoms with Crippen LogP contribution < -0.4 is 0 Å². The van der Waals surface area contributed by atoms with Crippen molar-refractivity contribution >= 4 is 0 Å². The summed E-state index contributed by atoms with van der Waals surface area (Å²) in [5.74, 6) is 0. The molecule has 1 aromatic carbocycles. The second-order valence-corrected chi connectivity index (χ2v) is 6.03. The minimum absolute atomic E-state index is 1.04. The van der Waals surface area contributed by atoms with Crippen molar-refractivity contribution < 1.29 is 0 Å². The van der Waals surface area contributed by atoms with E-state index >= 15 is 0 Å². The fourth-order valence-electron chi connectivity index (χ4n) is 2.83. The van der Waals surface area contributed by atoms with Crippen molar-refractivity contribution in [2.75, 3.05) is 33.2 Å². The zero-order valence-corrected chi connectivity index (χ0v) is 12.9. The van der Waals surface area contributed by atoms with Crippen molar-refractivity contribution in [2.45, 2.75) is 13.5 Å². The minimum Gasteiger partial charge on any atom is -0.304 e. The number of aromatic nitrogens is 1. The van der Waals surface area contributed by atoms with Crippen molar-refractivity contribution in [3.8, 4) is 11.1 Å². The lowest BCUT2D eigenvalue weighted by molar-refractivity contribution is 0.148. The van der Waals surface area contributed by atoms with Crippen LogP contribution in [0.2, 0.25) is 0 Å². The maximum absolute atomic E-state index is 4.30. The topological polar surface area (TPSA) is 19.4 Å². The van der Waals surface area contributed by atoms with E-state index in [2.05, 4.69) is 59.1 Å². The molecule has 0 saturated carbocycles. The summed E-state index contributed by atoms with van der Waals surface area (Å²) >= 11 is 0. The average molecular weight is 281 g/mol. The van der Waals surface area contributed by atoms with Gasteiger partial charge in [-0.25, -0.2) is 0 Å². The minimum atomic E-state index is 1.04. The summed E-state index contributed by atoms with van der Waals surface area (Å²) in [6, 6.07) is 11.1. The Bertz CT molecular complexity index is 601. The molecule has 1 aliphatic rings. The number of likely N-dealkylation sites (N-methyl/N-ethyl adjacent to an activating group) is 1. The SMILES string of the molecule is Cc1cncc(-c2cccc(CN3CCN(C)CC3)c2)c1. The fraction of sp³-hybridized carbons (Fsp3) is 0.389. The molecule has 0 atom stereocenters. The largest absolute Gasteiger partial charge is 0.304 e. The van der Waals surface area contributed by atoms with E-state index in [1.54, 1.807) is 0 Å². The number of rotatable bonds is 3. The first-order chi connectivity index (χ1) is 10.2. The summed E-state index contributed by atoms with van der Waals surface area (Å²) in [5, 5.41) is 0. The molecule has 0 bridgehead atoms. The first-order valence-corrected chi connectivity index (χ1v) is 7.62. The lowest BCUT2D eigenvalue weighted by atomic mass is 10.0. The normalized spacial score (nSPS) is 17.0. The molecular formula is C18H23N3. The van der Waals surface area contributed by atoms with Crippen LogP contribution in [0.5, 0.6) is 0 Å². The molecule has 0 aliphatic carbocycles.